The minimum Gasteiger partial charge on any atom is -0.508 e. The summed E-state index contributed by atoms with van der Waals surface area (Å²) in [7, 11) is -1.46. The first kappa shape index (κ1) is 53.8. The van der Waals surface area contributed by atoms with Crippen molar-refractivity contribution in [2.45, 2.75) is 104 Å². The van der Waals surface area contributed by atoms with Crippen LogP contribution in [0.2, 0.25) is 5.28 Å². The van der Waals surface area contributed by atoms with E-state index in [2.05, 4.69) is 25.1 Å². The third-order valence-corrected chi connectivity index (χ3v) is 12.3. The molecule has 2 unspecified atom stereocenters. The number of hydrogen-bond donors (Lipinski definition) is 4. The fourth-order valence-corrected chi connectivity index (χ4v) is 8.49. The van der Waals surface area contributed by atoms with Crippen LogP contribution in [0.4, 0.5) is 9.59 Å². The standard InChI is InChI=1S/C25H31N5O5.C19H26ClN5O4.C6H7BO3/c1-25(2,3)35-24(32)29-13-16(14-29)15-34-23-19-12-26-30(20-6-4-5-11-33-20)22(19)27-21(28-23)17-7-9-18(31)10-8-17;1-19(2,3)29-18(26)24-9-12(10-24)11-28-16-13-8-21-25(14-6-4-5-7-27-14)15(13)22-17(20)23-16;8-6-3-1-5(2-4-6)7(9)10/h7-10,12,16,20,31H,4-6,11,13-15H2,1-3H3;8,12,14H,4-7,9-11H2,1-3H3;1-4,8-10H. The van der Waals surface area contributed by atoms with Gasteiger partial charge in [-0.15, -0.1) is 0 Å². The maximum Gasteiger partial charge on any atom is 0.488 e. The molecule has 24 heteroatoms. The van der Waals surface area contributed by atoms with Crippen LogP contribution in [-0.4, -0.2) is 153 Å². The fraction of sp³-hybridized carbons (Fsp3) is 0.520. The lowest BCUT2D eigenvalue weighted by Gasteiger charge is -2.39. The minimum absolute atomic E-state index is 0.106. The molecule has 4 N–H and O–H groups in total. The zero-order valence-electron chi connectivity index (χ0n) is 42.5. The molecular formula is C50H64BClN10O12. The Hall–Kier alpha value is -6.53. The summed E-state index contributed by atoms with van der Waals surface area (Å²) in [5.74, 6) is 2.00. The fourth-order valence-electron chi connectivity index (χ4n) is 8.33. The third-order valence-electron chi connectivity index (χ3n) is 12.1. The van der Waals surface area contributed by atoms with Crippen molar-refractivity contribution < 1.29 is 58.3 Å². The van der Waals surface area contributed by atoms with Crippen LogP contribution in [0.5, 0.6) is 23.3 Å². The number of carbonyl (C=O) groups excluding carboxylic acids is 2. The van der Waals surface area contributed by atoms with Gasteiger partial charge < -0.3 is 58.5 Å². The molecule has 6 aromatic rings. The Kier molecular flexibility index (Phi) is 17.0. The molecule has 0 bridgehead atoms. The van der Waals surface area contributed by atoms with Crippen molar-refractivity contribution in [2.75, 3.05) is 52.6 Å². The van der Waals surface area contributed by atoms with Crippen LogP contribution >= 0.6 is 11.6 Å². The first-order chi connectivity index (χ1) is 35.3. The Labute approximate surface area is 433 Å². The van der Waals surface area contributed by atoms with E-state index in [1.165, 1.54) is 24.3 Å². The van der Waals surface area contributed by atoms with Crippen LogP contribution in [-0.2, 0) is 18.9 Å². The molecule has 0 spiro atoms. The molecule has 396 valence electrons. The number of rotatable bonds is 10. The molecule has 4 saturated heterocycles. The molecule has 0 saturated carbocycles. The number of fused-ring (bicyclic) bond motifs is 2. The second kappa shape index (κ2) is 23.3. The van der Waals surface area contributed by atoms with Crippen molar-refractivity contribution in [3.63, 3.8) is 0 Å². The van der Waals surface area contributed by atoms with E-state index in [9.17, 15) is 14.7 Å². The van der Waals surface area contributed by atoms with Crippen LogP contribution in [0.25, 0.3) is 33.5 Å². The molecule has 8 heterocycles. The molecule has 2 aromatic carbocycles. The summed E-state index contributed by atoms with van der Waals surface area (Å²) < 4.78 is 38.2. The van der Waals surface area contributed by atoms with Crippen LogP contribution in [0, 0.1) is 11.8 Å². The number of phenols is 2. The van der Waals surface area contributed by atoms with Crippen molar-refractivity contribution >= 4 is 58.4 Å². The number of carbonyl (C=O) groups is 2. The molecule has 4 aliphatic heterocycles. The Morgan fingerprint density at radius 3 is 1.53 bits per heavy atom. The predicted molar refractivity (Wildman–Crippen MR) is 272 cm³/mol. The topological polar surface area (TPSA) is 264 Å². The summed E-state index contributed by atoms with van der Waals surface area (Å²) in [4.78, 5) is 45.6. The van der Waals surface area contributed by atoms with Gasteiger partial charge in [0.15, 0.2) is 29.6 Å². The number of phenolic OH excluding ortho intramolecular Hbond substituents is 2. The van der Waals surface area contributed by atoms with Gasteiger partial charge in [-0.3, -0.25) is 0 Å². The van der Waals surface area contributed by atoms with E-state index in [0.29, 0.717) is 97.7 Å². The average Bonchev–Trinajstić information content (AvgIpc) is 3.96. The first-order valence-corrected chi connectivity index (χ1v) is 25.2. The van der Waals surface area contributed by atoms with E-state index in [-0.39, 0.29) is 53.3 Å². The molecule has 4 fully saturated rings. The normalized spacial score (nSPS) is 18.3. The second-order valence-corrected chi connectivity index (χ2v) is 20.9. The quantitative estimate of drug-likeness (QED) is 0.0827. The number of ether oxygens (including phenoxy) is 6. The van der Waals surface area contributed by atoms with Crippen LogP contribution < -0.4 is 14.9 Å². The number of amides is 2. The highest BCUT2D eigenvalue weighted by molar-refractivity contribution is 6.58. The van der Waals surface area contributed by atoms with Crippen molar-refractivity contribution in [2.24, 2.45) is 11.8 Å². The Bertz CT molecular complexity index is 2830. The largest absolute Gasteiger partial charge is 0.508 e. The zero-order chi connectivity index (χ0) is 52.7. The van der Waals surface area contributed by atoms with Crippen LogP contribution in [0.1, 0.15) is 92.5 Å². The van der Waals surface area contributed by atoms with Gasteiger partial charge in [-0.25, -0.2) is 23.9 Å². The van der Waals surface area contributed by atoms with Gasteiger partial charge in [0, 0.05) is 56.8 Å². The molecule has 10 rings (SSSR count). The first-order valence-electron chi connectivity index (χ1n) is 24.8. The highest BCUT2D eigenvalue weighted by Crippen LogP contribution is 2.34. The number of benzene rings is 2. The maximum atomic E-state index is 12.2. The number of aromatic nitrogens is 8. The molecule has 2 atom stereocenters. The van der Waals surface area contributed by atoms with Crippen molar-refractivity contribution in [3.8, 4) is 34.6 Å². The molecule has 0 radical (unpaired) electrons. The lowest BCUT2D eigenvalue weighted by atomic mass is 9.80. The monoisotopic (exact) mass is 1040 g/mol. The van der Waals surface area contributed by atoms with Gasteiger partial charge in [-0.2, -0.15) is 25.1 Å². The van der Waals surface area contributed by atoms with E-state index in [1.807, 2.05) is 41.5 Å². The average molecular weight is 1040 g/mol. The number of hydrogen-bond acceptors (Lipinski definition) is 18. The SMILES string of the molecule is CC(C)(C)OC(=O)N1CC(COc2nc(-c3ccc(O)cc3)nc3c2cnn3C2CCCCO2)C1.CC(C)(C)OC(=O)N1CC(COc2nc(Cl)nc3c2cnn3C2CCCCO2)C1.OB(O)c1ccc(O)cc1. The highest BCUT2D eigenvalue weighted by atomic mass is 35.5. The van der Waals surface area contributed by atoms with E-state index in [4.69, 9.17) is 60.2 Å². The summed E-state index contributed by atoms with van der Waals surface area (Å²) in [6, 6.07) is 12.4. The minimum atomic E-state index is -1.46. The number of nitrogens with zero attached hydrogens (tertiary/aromatic N) is 10. The van der Waals surface area contributed by atoms with Gasteiger partial charge in [0.05, 0.1) is 25.6 Å². The second-order valence-electron chi connectivity index (χ2n) is 20.6. The van der Waals surface area contributed by atoms with Crippen molar-refractivity contribution in [1.82, 2.24) is 49.3 Å². The smallest absolute Gasteiger partial charge is 0.488 e. The number of halogens is 1. The molecule has 22 nitrogen and oxygen atoms in total. The van der Waals surface area contributed by atoms with Crippen LogP contribution in [0.15, 0.2) is 60.9 Å². The lowest BCUT2D eigenvalue weighted by molar-refractivity contribution is -0.0371. The maximum absolute atomic E-state index is 12.2. The molecule has 74 heavy (non-hydrogen) atoms. The van der Waals surface area contributed by atoms with Gasteiger partial charge in [-0.1, -0.05) is 12.1 Å². The summed E-state index contributed by atoms with van der Waals surface area (Å²) in [6.45, 7) is 15.7. The van der Waals surface area contributed by atoms with Gasteiger partial charge in [0.2, 0.25) is 17.0 Å². The van der Waals surface area contributed by atoms with E-state index < -0.39 is 18.3 Å². The predicted octanol–water partition coefficient (Wildman–Crippen LogP) is 6.64. The molecular weight excluding hydrogens is 979 g/mol. The molecule has 4 aromatic heterocycles. The van der Waals surface area contributed by atoms with E-state index in [1.54, 1.807) is 55.8 Å². The summed E-state index contributed by atoms with van der Waals surface area (Å²) in [5, 5.41) is 46.1. The molecule has 2 amide bonds. The summed E-state index contributed by atoms with van der Waals surface area (Å²) in [5.41, 5.74) is 1.37. The number of likely N-dealkylation sites (tertiary alicyclic amines) is 2. The van der Waals surface area contributed by atoms with E-state index in [0.717, 1.165) is 44.1 Å². The van der Waals surface area contributed by atoms with Gasteiger partial charge in [0.25, 0.3) is 0 Å². The Morgan fingerprint density at radius 2 is 1.09 bits per heavy atom. The zero-order valence-corrected chi connectivity index (χ0v) is 43.2. The summed E-state index contributed by atoms with van der Waals surface area (Å²) >= 11 is 6.13. The van der Waals surface area contributed by atoms with Crippen molar-refractivity contribution in [1.29, 1.82) is 0 Å². The van der Waals surface area contributed by atoms with E-state index >= 15 is 0 Å². The van der Waals surface area contributed by atoms with Gasteiger partial charge in [-0.05, 0) is 134 Å². The summed E-state index contributed by atoms with van der Waals surface area (Å²) in [6.07, 6.45) is 8.50. The Balaban J connectivity index is 0.000000168. The van der Waals surface area contributed by atoms with Gasteiger partial charge in [0.1, 0.15) is 33.5 Å². The number of aromatic hydroxyl groups is 2. The third kappa shape index (κ3) is 14.0. The van der Waals surface area contributed by atoms with Gasteiger partial charge >= 0.3 is 19.3 Å². The van der Waals surface area contributed by atoms with Crippen LogP contribution in [0.3, 0.4) is 0 Å². The molecule has 4 aliphatic rings. The van der Waals surface area contributed by atoms with Crippen molar-refractivity contribution in [3.05, 3.63) is 66.2 Å². The lowest BCUT2D eigenvalue weighted by Crippen LogP contribution is -2.53. The highest BCUT2D eigenvalue weighted by Gasteiger charge is 2.36. The Morgan fingerprint density at radius 1 is 0.649 bits per heavy atom. The molecule has 0 aliphatic carbocycles.